The number of nitriles is 1. The summed E-state index contributed by atoms with van der Waals surface area (Å²) in [5.41, 5.74) is 1.08. The van der Waals surface area contributed by atoms with Gasteiger partial charge in [-0.05, 0) is 18.1 Å². The van der Waals surface area contributed by atoms with Crippen LogP contribution in [0.1, 0.15) is 12.0 Å². The molecule has 0 aliphatic carbocycles. The second kappa shape index (κ2) is 5.28. The largest absolute Gasteiger partial charge is 0.497 e. The third kappa shape index (κ3) is 2.27. The molecule has 1 heterocycles. The maximum Gasteiger partial charge on any atom is 0.227 e. The Hall–Kier alpha value is -1.73. The Balaban J connectivity index is 2.38. The number of amides is 1. The monoisotopic (exact) mass is 264 g/mol. The lowest BCUT2D eigenvalue weighted by atomic mass is 10.1. The predicted molar refractivity (Wildman–Crippen MR) is 68.9 cm³/mol. The van der Waals surface area contributed by atoms with Crippen LogP contribution >= 0.6 is 11.6 Å². The Labute approximate surface area is 111 Å². The standard InChI is InChI=1S/C13H13ClN2O2/c1-18-11-3-2-10(7-15)12(5-11)16-8-9(6-14)4-13(16)17/h2-3,5,9H,4,6,8H2,1H3. The zero-order valence-corrected chi connectivity index (χ0v) is 10.8. The van der Waals surface area contributed by atoms with Gasteiger partial charge in [-0.15, -0.1) is 11.6 Å². The number of methoxy groups -OCH3 is 1. The van der Waals surface area contributed by atoms with Crippen LogP contribution in [0.25, 0.3) is 0 Å². The van der Waals surface area contributed by atoms with Gasteiger partial charge in [-0.2, -0.15) is 5.26 Å². The number of hydrogen-bond donors (Lipinski definition) is 0. The van der Waals surface area contributed by atoms with Crippen LogP contribution in [0.4, 0.5) is 5.69 Å². The summed E-state index contributed by atoms with van der Waals surface area (Å²) in [4.78, 5) is 13.5. The normalized spacial score (nSPS) is 18.8. The number of carbonyl (C=O) groups excluding carboxylic acids is 1. The molecule has 1 fully saturated rings. The van der Waals surface area contributed by atoms with E-state index in [1.165, 1.54) is 0 Å². The van der Waals surface area contributed by atoms with Crippen LogP contribution < -0.4 is 9.64 Å². The third-order valence-electron chi connectivity index (χ3n) is 3.04. The summed E-state index contributed by atoms with van der Waals surface area (Å²) in [6, 6.07) is 7.18. The first-order valence-corrected chi connectivity index (χ1v) is 6.17. The lowest BCUT2D eigenvalue weighted by Gasteiger charge is -2.18. The second-order valence-electron chi connectivity index (χ2n) is 4.22. The van der Waals surface area contributed by atoms with E-state index in [2.05, 4.69) is 6.07 Å². The minimum Gasteiger partial charge on any atom is -0.497 e. The van der Waals surface area contributed by atoms with Gasteiger partial charge in [0.15, 0.2) is 0 Å². The highest BCUT2D eigenvalue weighted by atomic mass is 35.5. The number of hydrogen-bond acceptors (Lipinski definition) is 3. The Morgan fingerprint density at radius 1 is 1.61 bits per heavy atom. The summed E-state index contributed by atoms with van der Waals surface area (Å²) in [7, 11) is 1.55. The van der Waals surface area contributed by atoms with Gasteiger partial charge in [0.05, 0.1) is 18.4 Å². The van der Waals surface area contributed by atoms with Crippen molar-refractivity contribution >= 4 is 23.2 Å². The molecule has 94 valence electrons. The fourth-order valence-corrected chi connectivity index (χ4v) is 2.28. The average molecular weight is 265 g/mol. The van der Waals surface area contributed by atoms with Crippen LogP contribution in [0.2, 0.25) is 0 Å². The van der Waals surface area contributed by atoms with Crippen LogP contribution in [-0.4, -0.2) is 25.4 Å². The molecule has 1 unspecified atom stereocenters. The van der Waals surface area contributed by atoms with Gasteiger partial charge >= 0.3 is 0 Å². The van der Waals surface area contributed by atoms with E-state index < -0.39 is 0 Å². The molecule has 0 N–H and O–H groups in total. The minimum absolute atomic E-state index is 0.00500. The average Bonchev–Trinajstić information content (AvgIpc) is 2.79. The highest BCUT2D eigenvalue weighted by molar-refractivity contribution is 6.18. The topological polar surface area (TPSA) is 53.3 Å². The summed E-state index contributed by atoms with van der Waals surface area (Å²) in [6.07, 6.45) is 0.436. The van der Waals surface area contributed by atoms with E-state index in [0.717, 1.165) is 0 Å². The molecule has 5 heteroatoms. The molecule has 0 radical (unpaired) electrons. The van der Waals surface area contributed by atoms with E-state index in [-0.39, 0.29) is 11.8 Å². The first-order chi connectivity index (χ1) is 8.69. The number of carbonyl (C=O) groups is 1. The fraction of sp³-hybridized carbons (Fsp3) is 0.385. The molecule has 1 amide bonds. The van der Waals surface area contributed by atoms with Crippen molar-refractivity contribution in [2.24, 2.45) is 5.92 Å². The molecule has 0 saturated carbocycles. The SMILES string of the molecule is COc1ccc(C#N)c(N2CC(CCl)CC2=O)c1. The van der Waals surface area contributed by atoms with E-state index in [1.807, 2.05) is 0 Å². The number of rotatable bonds is 3. The van der Waals surface area contributed by atoms with Crippen molar-refractivity contribution in [2.75, 3.05) is 24.4 Å². The molecule has 1 atom stereocenters. The van der Waals surface area contributed by atoms with Gasteiger partial charge in [0.2, 0.25) is 5.91 Å². The third-order valence-corrected chi connectivity index (χ3v) is 3.48. The van der Waals surface area contributed by atoms with Crippen LogP contribution in [0, 0.1) is 17.2 Å². The molecule has 1 saturated heterocycles. The number of anilines is 1. The second-order valence-corrected chi connectivity index (χ2v) is 4.53. The quantitative estimate of drug-likeness (QED) is 0.786. The molecule has 1 aliphatic heterocycles. The fourth-order valence-electron chi connectivity index (χ4n) is 2.07. The zero-order valence-electron chi connectivity index (χ0n) is 10.0. The molecule has 18 heavy (non-hydrogen) atoms. The van der Waals surface area contributed by atoms with E-state index in [0.29, 0.717) is 35.8 Å². The highest BCUT2D eigenvalue weighted by Crippen LogP contribution is 2.31. The number of benzene rings is 1. The molecule has 2 rings (SSSR count). The van der Waals surface area contributed by atoms with Crippen molar-refractivity contribution < 1.29 is 9.53 Å². The van der Waals surface area contributed by atoms with Gasteiger partial charge in [-0.3, -0.25) is 4.79 Å². The van der Waals surface area contributed by atoms with Crippen LogP contribution in [-0.2, 0) is 4.79 Å². The highest BCUT2D eigenvalue weighted by Gasteiger charge is 2.31. The molecule has 4 nitrogen and oxygen atoms in total. The van der Waals surface area contributed by atoms with Gasteiger partial charge in [-0.25, -0.2) is 0 Å². The lowest BCUT2D eigenvalue weighted by molar-refractivity contribution is -0.117. The maximum absolute atomic E-state index is 11.9. The predicted octanol–water partition coefficient (Wildman–Crippen LogP) is 2.16. The molecule has 1 aromatic carbocycles. The van der Waals surface area contributed by atoms with Gasteiger partial charge in [-0.1, -0.05) is 0 Å². The van der Waals surface area contributed by atoms with Crippen molar-refractivity contribution in [2.45, 2.75) is 6.42 Å². The van der Waals surface area contributed by atoms with Crippen LogP contribution in [0.5, 0.6) is 5.75 Å². The number of halogens is 1. The van der Waals surface area contributed by atoms with Crippen molar-refractivity contribution in [3.05, 3.63) is 23.8 Å². The van der Waals surface area contributed by atoms with E-state index >= 15 is 0 Å². The van der Waals surface area contributed by atoms with Gasteiger partial charge in [0.1, 0.15) is 11.8 Å². The van der Waals surface area contributed by atoms with Gasteiger partial charge in [0.25, 0.3) is 0 Å². The lowest BCUT2D eigenvalue weighted by Crippen LogP contribution is -2.25. The summed E-state index contributed by atoms with van der Waals surface area (Å²) in [5.74, 6) is 1.24. The summed E-state index contributed by atoms with van der Waals surface area (Å²) in [5, 5.41) is 9.10. The van der Waals surface area contributed by atoms with Crippen molar-refractivity contribution in [3.8, 4) is 11.8 Å². The van der Waals surface area contributed by atoms with Crippen molar-refractivity contribution in [1.82, 2.24) is 0 Å². The molecule has 0 bridgehead atoms. The summed E-state index contributed by atoms with van der Waals surface area (Å²) >= 11 is 5.79. The number of ether oxygens (including phenoxy) is 1. The van der Waals surface area contributed by atoms with E-state index in [4.69, 9.17) is 21.6 Å². The summed E-state index contributed by atoms with van der Waals surface area (Å²) in [6.45, 7) is 0.560. The van der Waals surface area contributed by atoms with Gasteiger partial charge in [0, 0.05) is 24.9 Å². The summed E-state index contributed by atoms with van der Waals surface area (Å²) < 4.78 is 5.13. The zero-order chi connectivity index (χ0) is 13.1. The Kier molecular flexibility index (Phi) is 3.73. The van der Waals surface area contributed by atoms with E-state index in [9.17, 15) is 4.79 Å². The minimum atomic E-state index is 0.00500. The first kappa shape index (κ1) is 12.7. The van der Waals surface area contributed by atoms with Crippen LogP contribution in [0.3, 0.4) is 0 Å². The molecule has 1 aliphatic rings. The van der Waals surface area contributed by atoms with Crippen LogP contribution in [0.15, 0.2) is 18.2 Å². The number of nitrogens with zero attached hydrogens (tertiary/aromatic N) is 2. The Morgan fingerprint density at radius 3 is 2.94 bits per heavy atom. The molecule has 1 aromatic rings. The first-order valence-electron chi connectivity index (χ1n) is 5.64. The molecular weight excluding hydrogens is 252 g/mol. The van der Waals surface area contributed by atoms with E-state index in [1.54, 1.807) is 30.2 Å². The number of alkyl halides is 1. The van der Waals surface area contributed by atoms with Crippen molar-refractivity contribution in [3.63, 3.8) is 0 Å². The smallest absolute Gasteiger partial charge is 0.227 e. The molecule has 0 aromatic heterocycles. The molecular formula is C13H13ClN2O2. The Bertz CT molecular complexity index is 510. The van der Waals surface area contributed by atoms with Crippen molar-refractivity contribution in [1.29, 1.82) is 5.26 Å². The van der Waals surface area contributed by atoms with Gasteiger partial charge < -0.3 is 9.64 Å². The maximum atomic E-state index is 11.9. The molecule has 0 spiro atoms. The Morgan fingerprint density at radius 2 is 2.39 bits per heavy atom.